The van der Waals surface area contributed by atoms with Gasteiger partial charge in [-0.3, -0.25) is 9.78 Å². The average Bonchev–Trinajstić information content (AvgIpc) is 2.79. The number of carbonyl (C=O) groups excluding carboxylic acids is 1. The highest BCUT2D eigenvalue weighted by Crippen LogP contribution is 2.30. The Labute approximate surface area is 176 Å². The Kier molecular flexibility index (Phi) is 7.27. The number of anilines is 1. The molecular weight excluding hydrogens is 380 g/mol. The van der Waals surface area contributed by atoms with Crippen molar-refractivity contribution in [1.29, 1.82) is 0 Å². The van der Waals surface area contributed by atoms with Gasteiger partial charge in [0.25, 0.3) is 0 Å². The molecule has 0 fully saturated rings. The van der Waals surface area contributed by atoms with Crippen molar-refractivity contribution in [3.05, 3.63) is 60.3 Å². The minimum atomic E-state index is -0.241. The van der Waals surface area contributed by atoms with Crippen LogP contribution in [0.5, 0.6) is 17.2 Å². The summed E-state index contributed by atoms with van der Waals surface area (Å²) in [5, 5.41) is 3.76. The molecular formula is C24H26N2O4. The number of amides is 1. The molecule has 0 unspecified atom stereocenters. The molecule has 0 aliphatic rings. The monoisotopic (exact) mass is 406 g/mol. The van der Waals surface area contributed by atoms with Crippen molar-refractivity contribution >= 4 is 28.6 Å². The molecule has 156 valence electrons. The van der Waals surface area contributed by atoms with Gasteiger partial charge in [-0.25, -0.2) is 0 Å². The maximum atomic E-state index is 12.5. The van der Waals surface area contributed by atoms with Crippen molar-refractivity contribution in [2.75, 3.05) is 26.1 Å². The van der Waals surface area contributed by atoms with Crippen molar-refractivity contribution < 1.29 is 19.0 Å². The molecule has 30 heavy (non-hydrogen) atoms. The minimum absolute atomic E-state index is 0.241. The zero-order valence-corrected chi connectivity index (χ0v) is 17.5. The lowest BCUT2D eigenvalue weighted by Gasteiger charge is -2.12. The third kappa shape index (κ3) is 5.08. The fourth-order valence-corrected chi connectivity index (χ4v) is 3.00. The summed E-state index contributed by atoms with van der Waals surface area (Å²) in [6, 6.07) is 12.9. The lowest BCUT2D eigenvalue weighted by Crippen LogP contribution is -2.08. The zero-order valence-electron chi connectivity index (χ0n) is 17.5. The molecule has 2 aromatic carbocycles. The van der Waals surface area contributed by atoms with E-state index in [2.05, 4.69) is 17.2 Å². The quantitative estimate of drug-likeness (QED) is 0.396. The van der Waals surface area contributed by atoms with Crippen LogP contribution in [0.25, 0.3) is 17.0 Å². The van der Waals surface area contributed by atoms with E-state index in [-0.39, 0.29) is 5.91 Å². The number of carbonyl (C=O) groups is 1. The van der Waals surface area contributed by atoms with Gasteiger partial charge < -0.3 is 19.5 Å². The Morgan fingerprint density at radius 1 is 1.07 bits per heavy atom. The molecule has 0 saturated heterocycles. The largest absolute Gasteiger partial charge is 0.493 e. The second-order valence-corrected chi connectivity index (χ2v) is 6.65. The number of unbranched alkanes of at least 4 members (excludes halogenated alkanes) is 1. The van der Waals surface area contributed by atoms with E-state index in [4.69, 9.17) is 14.2 Å². The molecule has 1 N–H and O–H groups in total. The number of methoxy groups -OCH3 is 2. The Morgan fingerprint density at radius 3 is 2.63 bits per heavy atom. The van der Waals surface area contributed by atoms with E-state index in [1.807, 2.05) is 36.4 Å². The fourth-order valence-electron chi connectivity index (χ4n) is 3.00. The van der Waals surface area contributed by atoms with Gasteiger partial charge in [-0.1, -0.05) is 19.4 Å². The molecule has 1 heterocycles. The van der Waals surface area contributed by atoms with Crippen LogP contribution in [-0.2, 0) is 4.79 Å². The standard InChI is InChI=1S/C24H26N2O4/c1-4-5-15-30-21-12-10-19(18-7-6-14-25-24(18)21)26-23(27)13-9-17-8-11-20(28-2)22(16-17)29-3/h6-14,16H,4-5,15H2,1-3H3,(H,26,27). The number of ether oxygens (including phenoxy) is 3. The summed E-state index contributed by atoms with van der Waals surface area (Å²) in [5.41, 5.74) is 2.24. The van der Waals surface area contributed by atoms with E-state index in [0.717, 1.165) is 35.1 Å². The van der Waals surface area contributed by atoms with E-state index >= 15 is 0 Å². The highest BCUT2D eigenvalue weighted by atomic mass is 16.5. The number of aromatic nitrogens is 1. The molecule has 0 bridgehead atoms. The Hall–Kier alpha value is -3.54. The summed E-state index contributed by atoms with van der Waals surface area (Å²) >= 11 is 0. The number of hydrogen-bond donors (Lipinski definition) is 1. The van der Waals surface area contributed by atoms with E-state index in [0.29, 0.717) is 23.8 Å². The summed E-state index contributed by atoms with van der Waals surface area (Å²) in [4.78, 5) is 16.9. The molecule has 6 heteroatoms. The van der Waals surface area contributed by atoms with E-state index in [1.165, 1.54) is 6.08 Å². The maximum Gasteiger partial charge on any atom is 0.248 e. The summed E-state index contributed by atoms with van der Waals surface area (Å²) < 4.78 is 16.4. The smallest absolute Gasteiger partial charge is 0.248 e. The Bertz CT molecular complexity index is 1050. The van der Waals surface area contributed by atoms with Crippen LogP contribution >= 0.6 is 0 Å². The molecule has 6 nitrogen and oxygen atoms in total. The summed E-state index contributed by atoms with van der Waals surface area (Å²) in [5.74, 6) is 1.72. The van der Waals surface area contributed by atoms with Gasteiger partial charge in [-0.05, 0) is 54.5 Å². The number of nitrogens with one attached hydrogen (secondary N) is 1. The maximum absolute atomic E-state index is 12.5. The first-order chi connectivity index (χ1) is 14.7. The molecule has 3 aromatic rings. The van der Waals surface area contributed by atoms with Crippen LogP contribution in [0.15, 0.2) is 54.7 Å². The fraction of sp³-hybridized carbons (Fsp3) is 0.250. The second kappa shape index (κ2) is 10.3. The van der Waals surface area contributed by atoms with E-state index < -0.39 is 0 Å². The molecule has 1 aromatic heterocycles. The lowest BCUT2D eigenvalue weighted by atomic mass is 10.1. The van der Waals surface area contributed by atoms with Crippen LogP contribution in [0, 0.1) is 0 Å². The first-order valence-corrected chi connectivity index (χ1v) is 9.88. The molecule has 0 aliphatic carbocycles. The molecule has 0 spiro atoms. The SMILES string of the molecule is CCCCOc1ccc(NC(=O)C=Cc2ccc(OC)c(OC)c2)c2cccnc12. The third-order valence-corrected chi connectivity index (χ3v) is 4.58. The van der Waals surface area contributed by atoms with Gasteiger partial charge in [0, 0.05) is 17.7 Å². The first kappa shape index (κ1) is 21.2. The normalized spacial score (nSPS) is 10.9. The highest BCUT2D eigenvalue weighted by Gasteiger charge is 2.10. The van der Waals surface area contributed by atoms with Crippen molar-refractivity contribution in [2.24, 2.45) is 0 Å². The number of hydrogen-bond acceptors (Lipinski definition) is 5. The van der Waals surface area contributed by atoms with Gasteiger partial charge in [-0.2, -0.15) is 0 Å². The van der Waals surface area contributed by atoms with Crippen LogP contribution in [0.1, 0.15) is 25.3 Å². The molecule has 1 amide bonds. The van der Waals surface area contributed by atoms with Crippen LogP contribution in [0.2, 0.25) is 0 Å². The highest BCUT2D eigenvalue weighted by molar-refractivity contribution is 6.07. The average molecular weight is 406 g/mol. The molecule has 3 rings (SSSR count). The minimum Gasteiger partial charge on any atom is -0.493 e. The Balaban J connectivity index is 1.77. The van der Waals surface area contributed by atoms with Crippen LogP contribution in [-0.4, -0.2) is 31.7 Å². The van der Waals surface area contributed by atoms with Crippen molar-refractivity contribution in [3.8, 4) is 17.2 Å². The van der Waals surface area contributed by atoms with Gasteiger partial charge in [-0.15, -0.1) is 0 Å². The number of rotatable bonds is 9. The van der Waals surface area contributed by atoms with Gasteiger partial charge >= 0.3 is 0 Å². The van der Waals surface area contributed by atoms with Crippen LogP contribution in [0.3, 0.4) is 0 Å². The van der Waals surface area contributed by atoms with Gasteiger partial charge in [0.2, 0.25) is 5.91 Å². The first-order valence-electron chi connectivity index (χ1n) is 9.88. The second-order valence-electron chi connectivity index (χ2n) is 6.65. The van der Waals surface area contributed by atoms with Gasteiger partial charge in [0.1, 0.15) is 11.3 Å². The number of pyridine rings is 1. The predicted octanol–water partition coefficient (Wildman–Crippen LogP) is 5.08. The van der Waals surface area contributed by atoms with Crippen LogP contribution < -0.4 is 19.5 Å². The van der Waals surface area contributed by atoms with E-state index in [1.54, 1.807) is 32.6 Å². The third-order valence-electron chi connectivity index (χ3n) is 4.58. The van der Waals surface area contributed by atoms with Gasteiger partial charge in [0.15, 0.2) is 11.5 Å². The van der Waals surface area contributed by atoms with Crippen molar-refractivity contribution in [3.63, 3.8) is 0 Å². The molecule has 0 saturated carbocycles. The summed E-state index contributed by atoms with van der Waals surface area (Å²) in [7, 11) is 3.16. The van der Waals surface area contributed by atoms with Crippen LogP contribution in [0.4, 0.5) is 5.69 Å². The number of benzene rings is 2. The summed E-state index contributed by atoms with van der Waals surface area (Å²) in [6.45, 7) is 2.76. The van der Waals surface area contributed by atoms with Crippen molar-refractivity contribution in [2.45, 2.75) is 19.8 Å². The summed E-state index contributed by atoms with van der Waals surface area (Å²) in [6.07, 6.45) is 6.96. The molecule has 0 aliphatic heterocycles. The lowest BCUT2D eigenvalue weighted by molar-refractivity contribution is -0.111. The number of fused-ring (bicyclic) bond motifs is 1. The molecule has 0 atom stereocenters. The zero-order chi connectivity index (χ0) is 21.3. The van der Waals surface area contributed by atoms with E-state index in [9.17, 15) is 4.79 Å². The Morgan fingerprint density at radius 2 is 1.87 bits per heavy atom. The number of nitrogens with zero attached hydrogens (tertiary/aromatic N) is 1. The topological polar surface area (TPSA) is 69.7 Å². The van der Waals surface area contributed by atoms with Gasteiger partial charge in [0.05, 0.1) is 26.5 Å². The predicted molar refractivity (Wildman–Crippen MR) is 119 cm³/mol. The molecule has 0 radical (unpaired) electrons. The van der Waals surface area contributed by atoms with Crippen molar-refractivity contribution in [1.82, 2.24) is 4.98 Å².